The van der Waals surface area contributed by atoms with E-state index in [2.05, 4.69) is 10.4 Å². The number of aromatic nitrogens is 2. The molecule has 0 aliphatic carbocycles. The van der Waals surface area contributed by atoms with Gasteiger partial charge in [-0.2, -0.15) is 5.10 Å². The number of hydrogen-bond donors (Lipinski definition) is 1. The topological polar surface area (TPSA) is 81.0 Å². The molecule has 0 aliphatic heterocycles. The second-order valence-electron chi connectivity index (χ2n) is 7.95. The molecule has 2 N–H and O–H groups in total. The van der Waals surface area contributed by atoms with Crippen molar-refractivity contribution in [2.24, 2.45) is 7.05 Å². The molecule has 1 aromatic carbocycles. The molecule has 0 bridgehead atoms. The van der Waals surface area contributed by atoms with Gasteiger partial charge in [0.2, 0.25) is 0 Å². The van der Waals surface area contributed by atoms with Gasteiger partial charge in [0.25, 0.3) is 5.91 Å². The molecule has 2 rings (SSSR count). The maximum absolute atomic E-state index is 12.9. The standard InChI is InChI=1S/C21H29ClN4O3/c1-15-13-16(25(5)24-15)14-23-11-8-12-26(20(28)29-21(2,3)4)19(27)17-9-6-7-10-18(17)22/h6-7,9-10,13,23H,8,11-12,14H2,1-5H3/p+1. The second kappa shape index (κ2) is 9.89. The first-order valence-electron chi connectivity index (χ1n) is 9.69. The number of rotatable bonds is 7. The minimum Gasteiger partial charge on any atom is -0.443 e. The minimum atomic E-state index is -0.695. The smallest absolute Gasteiger partial charge is 0.417 e. The number of hydrogen-bond acceptors (Lipinski definition) is 4. The highest BCUT2D eigenvalue weighted by Gasteiger charge is 2.28. The van der Waals surface area contributed by atoms with E-state index in [0.29, 0.717) is 11.4 Å². The SMILES string of the molecule is Cc1cc(C[NH2+]CCCN(C(=O)OC(C)(C)C)C(=O)c2ccccc2Cl)n(C)n1. The Morgan fingerprint density at radius 3 is 2.55 bits per heavy atom. The summed E-state index contributed by atoms with van der Waals surface area (Å²) >= 11 is 6.16. The van der Waals surface area contributed by atoms with Crippen LogP contribution in [0.25, 0.3) is 0 Å². The van der Waals surface area contributed by atoms with Crippen LogP contribution in [0.2, 0.25) is 5.02 Å². The third-order valence-corrected chi connectivity index (χ3v) is 4.54. The summed E-state index contributed by atoms with van der Waals surface area (Å²) in [6, 6.07) is 8.75. The summed E-state index contributed by atoms with van der Waals surface area (Å²) in [5, 5.41) is 6.77. The highest BCUT2D eigenvalue weighted by Crippen LogP contribution is 2.19. The average Bonchev–Trinajstić information content (AvgIpc) is 2.93. The molecule has 0 spiro atoms. The summed E-state index contributed by atoms with van der Waals surface area (Å²) in [4.78, 5) is 26.7. The number of ether oxygens (including phenoxy) is 1. The van der Waals surface area contributed by atoms with E-state index < -0.39 is 17.6 Å². The van der Waals surface area contributed by atoms with Crippen LogP contribution in [0.3, 0.4) is 0 Å². The van der Waals surface area contributed by atoms with E-state index in [1.54, 1.807) is 45.0 Å². The van der Waals surface area contributed by atoms with E-state index in [1.165, 1.54) is 0 Å². The summed E-state index contributed by atoms with van der Waals surface area (Å²) in [6.07, 6.45) is -0.0311. The molecule has 7 nitrogen and oxygen atoms in total. The molecule has 2 amide bonds. The Hall–Kier alpha value is -2.38. The maximum Gasteiger partial charge on any atom is 0.417 e. The van der Waals surface area contributed by atoms with Crippen molar-refractivity contribution in [1.29, 1.82) is 0 Å². The third-order valence-electron chi connectivity index (χ3n) is 4.21. The molecule has 0 saturated heterocycles. The Bertz CT molecular complexity index is 858. The molecule has 158 valence electrons. The first kappa shape index (κ1) is 22.9. The van der Waals surface area contributed by atoms with Crippen molar-refractivity contribution in [3.63, 3.8) is 0 Å². The van der Waals surface area contributed by atoms with Gasteiger partial charge in [-0.25, -0.2) is 9.69 Å². The number of carbonyl (C=O) groups excluding carboxylic acids is 2. The van der Waals surface area contributed by atoms with Crippen molar-refractivity contribution in [2.75, 3.05) is 13.1 Å². The van der Waals surface area contributed by atoms with Gasteiger partial charge >= 0.3 is 6.09 Å². The number of halogens is 1. The molecule has 0 radical (unpaired) electrons. The van der Waals surface area contributed by atoms with E-state index in [4.69, 9.17) is 16.3 Å². The molecular formula is C21H30ClN4O3+. The summed E-state index contributed by atoms with van der Waals surface area (Å²) in [6.45, 7) is 9.05. The fourth-order valence-electron chi connectivity index (χ4n) is 2.87. The largest absolute Gasteiger partial charge is 0.443 e. The summed E-state index contributed by atoms with van der Waals surface area (Å²) in [5.74, 6) is -0.452. The quantitative estimate of drug-likeness (QED) is 0.697. The third kappa shape index (κ3) is 6.87. The van der Waals surface area contributed by atoms with Crippen LogP contribution in [0.5, 0.6) is 0 Å². The normalized spacial score (nSPS) is 11.4. The van der Waals surface area contributed by atoms with Crippen LogP contribution < -0.4 is 5.32 Å². The lowest BCUT2D eigenvalue weighted by Gasteiger charge is -2.26. The highest BCUT2D eigenvalue weighted by atomic mass is 35.5. The molecule has 1 heterocycles. The number of aryl methyl sites for hydroxylation is 2. The van der Waals surface area contributed by atoms with Gasteiger partial charge in [-0.15, -0.1) is 0 Å². The van der Waals surface area contributed by atoms with E-state index in [1.807, 2.05) is 24.7 Å². The van der Waals surface area contributed by atoms with Gasteiger partial charge in [-0.1, -0.05) is 23.7 Å². The monoisotopic (exact) mass is 421 g/mol. The minimum absolute atomic E-state index is 0.250. The molecule has 0 fully saturated rings. The predicted molar refractivity (Wildman–Crippen MR) is 112 cm³/mol. The number of imide groups is 1. The van der Waals surface area contributed by atoms with Crippen molar-refractivity contribution >= 4 is 23.6 Å². The van der Waals surface area contributed by atoms with E-state index in [0.717, 1.165) is 29.4 Å². The Balaban J connectivity index is 1.99. The lowest BCUT2D eigenvalue weighted by atomic mass is 10.2. The number of carbonyl (C=O) groups is 2. The van der Waals surface area contributed by atoms with Crippen molar-refractivity contribution in [1.82, 2.24) is 14.7 Å². The van der Waals surface area contributed by atoms with Crippen molar-refractivity contribution in [3.8, 4) is 0 Å². The van der Waals surface area contributed by atoms with Gasteiger partial charge in [0.05, 0.1) is 28.5 Å². The molecular weight excluding hydrogens is 392 g/mol. The molecule has 8 heteroatoms. The fourth-order valence-corrected chi connectivity index (χ4v) is 3.09. The Morgan fingerprint density at radius 2 is 1.97 bits per heavy atom. The lowest BCUT2D eigenvalue weighted by Crippen LogP contribution is -2.83. The van der Waals surface area contributed by atoms with Crippen molar-refractivity contribution in [3.05, 3.63) is 52.3 Å². The Morgan fingerprint density at radius 1 is 1.28 bits per heavy atom. The van der Waals surface area contributed by atoms with Gasteiger partial charge in [0, 0.05) is 20.0 Å². The van der Waals surface area contributed by atoms with Crippen LogP contribution in [-0.4, -0.2) is 45.4 Å². The number of nitrogens with zero attached hydrogens (tertiary/aromatic N) is 3. The van der Waals surface area contributed by atoms with Crippen LogP contribution in [-0.2, 0) is 18.3 Å². The van der Waals surface area contributed by atoms with Crippen LogP contribution in [0.1, 0.15) is 48.9 Å². The summed E-state index contributed by atoms with van der Waals surface area (Å²) in [7, 11) is 1.92. The lowest BCUT2D eigenvalue weighted by molar-refractivity contribution is -0.671. The molecule has 2 aromatic rings. The van der Waals surface area contributed by atoms with Crippen LogP contribution in [0, 0.1) is 6.92 Å². The Kier molecular flexibility index (Phi) is 7.81. The highest BCUT2D eigenvalue weighted by molar-refractivity contribution is 6.34. The molecule has 0 unspecified atom stereocenters. The van der Waals surface area contributed by atoms with E-state index in [-0.39, 0.29) is 12.1 Å². The maximum atomic E-state index is 12.9. The van der Waals surface area contributed by atoms with Crippen molar-refractivity contribution in [2.45, 2.75) is 46.3 Å². The van der Waals surface area contributed by atoms with Crippen LogP contribution in [0.4, 0.5) is 4.79 Å². The zero-order valence-electron chi connectivity index (χ0n) is 17.7. The number of amides is 2. The summed E-state index contributed by atoms with van der Waals surface area (Å²) in [5.41, 5.74) is 1.70. The number of benzene rings is 1. The molecule has 0 aliphatic rings. The zero-order chi connectivity index (χ0) is 21.6. The van der Waals surface area contributed by atoms with Gasteiger partial charge in [-0.3, -0.25) is 9.48 Å². The Labute approximate surface area is 177 Å². The van der Waals surface area contributed by atoms with Gasteiger partial charge in [0.1, 0.15) is 12.1 Å². The molecule has 0 atom stereocenters. The fraction of sp³-hybridized carbons (Fsp3) is 0.476. The number of quaternary nitrogens is 1. The molecule has 0 saturated carbocycles. The first-order valence-corrected chi connectivity index (χ1v) is 10.1. The zero-order valence-corrected chi connectivity index (χ0v) is 18.5. The van der Waals surface area contributed by atoms with E-state index >= 15 is 0 Å². The van der Waals surface area contributed by atoms with E-state index in [9.17, 15) is 9.59 Å². The van der Waals surface area contributed by atoms with Crippen molar-refractivity contribution < 1.29 is 19.6 Å². The molecule has 1 aromatic heterocycles. The van der Waals surface area contributed by atoms with Crippen LogP contribution in [0.15, 0.2) is 30.3 Å². The average molecular weight is 422 g/mol. The first-order chi connectivity index (χ1) is 13.6. The van der Waals surface area contributed by atoms with Gasteiger partial charge < -0.3 is 10.1 Å². The second-order valence-corrected chi connectivity index (χ2v) is 8.36. The molecule has 29 heavy (non-hydrogen) atoms. The number of nitrogens with two attached hydrogens (primary N) is 1. The summed E-state index contributed by atoms with van der Waals surface area (Å²) < 4.78 is 7.29. The van der Waals surface area contributed by atoms with Crippen LogP contribution >= 0.6 is 11.6 Å². The van der Waals surface area contributed by atoms with Gasteiger partial charge in [-0.05, 0) is 45.9 Å². The van der Waals surface area contributed by atoms with Gasteiger partial charge in [0.15, 0.2) is 0 Å². The predicted octanol–water partition coefficient (Wildman–Crippen LogP) is 2.91.